The highest BCUT2D eigenvalue weighted by Crippen LogP contribution is 2.28. The van der Waals surface area contributed by atoms with Crippen molar-refractivity contribution in [2.45, 2.75) is 32.9 Å². The van der Waals surface area contributed by atoms with Crippen LogP contribution in [-0.2, 0) is 11.3 Å². The zero-order chi connectivity index (χ0) is 19.3. The Bertz CT molecular complexity index is 800. The van der Waals surface area contributed by atoms with Gasteiger partial charge in [0.2, 0.25) is 0 Å². The number of alkyl carbamates (subject to hydrolysis) is 1. The van der Waals surface area contributed by atoms with E-state index in [1.807, 2.05) is 0 Å². The number of nitro groups is 1. The fraction of sp³-hybridized carbons (Fsp3) is 0.278. The van der Waals surface area contributed by atoms with Gasteiger partial charge in [-0.05, 0) is 57.2 Å². The number of nitro benzene ring substituents is 1. The summed E-state index contributed by atoms with van der Waals surface area (Å²) in [4.78, 5) is 22.4. The van der Waals surface area contributed by atoms with Crippen LogP contribution in [0.2, 0.25) is 0 Å². The molecule has 1 N–H and O–H groups in total. The van der Waals surface area contributed by atoms with Crippen molar-refractivity contribution in [2.75, 3.05) is 0 Å². The lowest BCUT2D eigenvalue weighted by molar-refractivity contribution is -0.385. The first-order valence-electron chi connectivity index (χ1n) is 7.81. The van der Waals surface area contributed by atoms with E-state index in [0.717, 1.165) is 0 Å². The number of hydrogen-bond donors (Lipinski definition) is 1. The third-order valence-electron chi connectivity index (χ3n) is 3.12. The number of carbonyl (C=O) groups excluding carboxylic acids is 1. The minimum Gasteiger partial charge on any atom is -0.457 e. The van der Waals surface area contributed by atoms with Crippen molar-refractivity contribution in [1.29, 1.82) is 0 Å². The van der Waals surface area contributed by atoms with E-state index in [1.165, 1.54) is 42.5 Å². The molecule has 26 heavy (non-hydrogen) atoms. The second kappa shape index (κ2) is 7.81. The van der Waals surface area contributed by atoms with Crippen molar-refractivity contribution >= 4 is 11.8 Å². The number of nitrogens with one attached hydrogen (secondary N) is 1. The Morgan fingerprint density at radius 3 is 2.35 bits per heavy atom. The summed E-state index contributed by atoms with van der Waals surface area (Å²) in [6.07, 6.45) is -0.684. The maximum Gasteiger partial charge on any atom is 0.407 e. The van der Waals surface area contributed by atoms with Crippen LogP contribution < -0.4 is 10.1 Å². The lowest BCUT2D eigenvalue weighted by Crippen LogP contribution is -2.32. The van der Waals surface area contributed by atoms with Crippen LogP contribution in [0.3, 0.4) is 0 Å². The summed E-state index contributed by atoms with van der Waals surface area (Å²) in [7, 11) is 0. The highest BCUT2D eigenvalue weighted by Gasteiger charge is 2.19. The van der Waals surface area contributed by atoms with Crippen LogP contribution in [0.4, 0.5) is 14.9 Å². The topological polar surface area (TPSA) is 90.7 Å². The summed E-state index contributed by atoms with van der Waals surface area (Å²) in [5.74, 6) is 0.304. The summed E-state index contributed by atoms with van der Waals surface area (Å²) >= 11 is 0. The number of ether oxygens (including phenoxy) is 2. The molecule has 7 nitrogen and oxygen atoms in total. The fourth-order valence-corrected chi connectivity index (χ4v) is 2.07. The molecule has 0 fully saturated rings. The number of benzene rings is 2. The highest BCUT2D eigenvalue weighted by molar-refractivity contribution is 5.68. The number of amides is 1. The molecule has 0 aliphatic heterocycles. The first-order chi connectivity index (χ1) is 12.1. The van der Waals surface area contributed by atoms with Crippen LogP contribution >= 0.6 is 0 Å². The SMILES string of the molecule is CC(C)(C)OC(=O)NCc1cc(Oc2ccc(F)cc2)ccc1[N+](=O)[O-]. The van der Waals surface area contributed by atoms with E-state index in [0.29, 0.717) is 11.5 Å². The highest BCUT2D eigenvalue weighted by atomic mass is 19.1. The van der Waals surface area contributed by atoms with Crippen LogP contribution in [0, 0.1) is 15.9 Å². The van der Waals surface area contributed by atoms with Gasteiger partial charge < -0.3 is 14.8 Å². The Kier molecular flexibility index (Phi) is 5.76. The maximum absolute atomic E-state index is 12.9. The second-order valence-corrected chi connectivity index (χ2v) is 6.46. The van der Waals surface area contributed by atoms with Crippen LogP contribution in [-0.4, -0.2) is 16.6 Å². The standard InChI is InChI=1S/C18H19FN2O5/c1-18(2,3)26-17(22)20-11-12-10-15(8-9-16(12)21(23)24)25-14-6-4-13(19)5-7-14/h4-10H,11H2,1-3H3,(H,20,22). The van der Waals surface area contributed by atoms with E-state index in [4.69, 9.17) is 9.47 Å². The van der Waals surface area contributed by atoms with Gasteiger partial charge in [-0.3, -0.25) is 10.1 Å². The maximum atomic E-state index is 12.9. The Morgan fingerprint density at radius 2 is 1.77 bits per heavy atom. The third-order valence-corrected chi connectivity index (χ3v) is 3.12. The van der Waals surface area contributed by atoms with Gasteiger partial charge in [-0.2, -0.15) is 0 Å². The third kappa shape index (κ3) is 5.73. The second-order valence-electron chi connectivity index (χ2n) is 6.46. The summed E-state index contributed by atoms with van der Waals surface area (Å²) in [6.45, 7) is 5.04. The molecule has 0 unspecified atom stereocenters. The van der Waals surface area contributed by atoms with Crippen molar-refractivity contribution < 1.29 is 23.6 Å². The zero-order valence-electron chi connectivity index (χ0n) is 14.6. The minimum absolute atomic E-state index is 0.105. The molecule has 0 radical (unpaired) electrons. The van der Waals surface area contributed by atoms with Gasteiger partial charge in [-0.15, -0.1) is 0 Å². The lowest BCUT2D eigenvalue weighted by atomic mass is 10.1. The molecule has 0 aliphatic carbocycles. The van der Waals surface area contributed by atoms with Gasteiger partial charge in [0.15, 0.2) is 0 Å². The van der Waals surface area contributed by atoms with E-state index in [9.17, 15) is 19.3 Å². The molecule has 0 bridgehead atoms. The fourth-order valence-electron chi connectivity index (χ4n) is 2.07. The van der Waals surface area contributed by atoms with Gasteiger partial charge >= 0.3 is 6.09 Å². The minimum atomic E-state index is -0.684. The molecular weight excluding hydrogens is 343 g/mol. The van der Waals surface area contributed by atoms with Crippen molar-refractivity contribution in [3.05, 3.63) is 64.0 Å². The molecule has 0 aliphatic rings. The van der Waals surface area contributed by atoms with Gasteiger partial charge in [0.05, 0.1) is 17.0 Å². The number of halogens is 1. The van der Waals surface area contributed by atoms with Gasteiger partial charge in [-0.25, -0.2) is 9.18 Å². The van der Waals surface area contributed by atoms with E-state index in [1.54, 1.807) is 20.8 Å². The number of rotatable bonds is 5. The largest absolute Gasteiger partial charge is 0.457 e. The monoisotopic (exact) mass is 362 g/mol. The summed E-state index contributed by atoms with van der Waals surface area (Å²) in [5, 5.41) is 13.7. The Labute approximate surface area is 149 Å². The Morgan fingerprint density at radius 1 is 1.15 bits per heavy atom. The van der Waals surface area contributed by atoms with E-state index < -0.39 is 22.4 Å². The van der Waals surface area contributed by atoms with Crippen LogP contribution in [0.1, 0.15) is 26.3 Å². The van der Waals surface area contributed by atoms with E-state index in [2.05, 4.69) is 5.32 Å². The molecule has 0 aromatic heterocycles. The molecule has 8 heteroatoms. The normalized spacial score (nSPS) is 10.9. The summed E-state index contributed by atoms with van der Waals surface area (Å²) < 4.78 is 23.6. The number of nitrogens with zero attached hydrogens (tertiary/aromatic N) is 1. The lowest BCUT2D eigenvalue weighted by Gasteiger charge is -2.19. The first kappa shape index (κ1) is 19.2. The Balaban J connectivity index is 2.15. The predicted molar refractivity (Wildman–Crippen MR) is 92.6 cm³/mol. The van der Waals surface area contributed by atoms with Gasteiger partial charge in [0.25, 0.3) is 5.69 Å². The molecule has 0 saturated carbocycles. The van der Waals surface area contributed by atoms with Gasteiger partial charge in [-0.1, -0.05) is 0 Å². The summed E-state index contributed by atoms with van der Waals surface area (Å²) in [6, 6.07) is 9.52. The van der Waals surface area contributed by atoms with Gasteiger partial charge in [0.1, 0.15) is 22.9 Å². The van der Waals surface area contributed by atoms with E-state index >= 15 is 0 Å². The summed E-state index contributed by atoms with van der Waals surface area (Å²) in [5.41, 5.74) is -0.586. The predicted octanol–water partition coefficient (Wildman–Crippen LogP) is 4.55. The Hall–Kier alpha value is -3.16. The molecule has 2 aromatic carbocycles. The molecule has 0 saturated heterocycles. The first-order valence-corrected chi connectivity index (χ1v) is 7.81. The molecule has 1 amide bonds. The average Bonchev–Trinajstić information content (AvgIpc) is 2.53. The van der Waals surface area contributed by atoms with Crippen LogP contribution in [0.15, 0.2) is 42.5 Å². The molecule has 0 atom stereocenters. The van der Waals surface area contributed by atoms with Crippen molar-refractivity contribution in [3.8, 4) is 11.5 Å². The molecule has 0 spiro atoms. The van der Waals surface area contributed by atoms with Crippen molar-refractivity contribution in [1.82, 2.24) is 5.32 Å². The zero-order valence-corrected chi connectivity index (χ0v) is 14.6. The van der Waals surface area contributed by atoms with Gasteiger partial charge in [0, 0.05) is 6.07 Å². The quantitative estimate of drug-likeness (QED) is 0.622. The van der Waals surface area contributed by atoms with Crippen LogP contribution in [0.5, 0.6) is 11.5 Å². The number of hydrogen-bond acceptors (Lipinski definition) is 5. The molecular formula is C18H19FN2O5. The number of carbonyl (C=O) groups is 1. The van der Waals surface area contributed by atoms with Crippen molar-refractivity contribution in [2.24, 2.45) is 0 Å². The van der Waals surface area contributed by atoms with E-state index in [-0.39, 0.29) is 17.8 Å². The average molecular weight is 362 g/mol. The molecule has 2 rings (SSSR count). The molecule has 2 aromatic rings. The molecule has 138 valence electrons. The van der Waals surface area contributed by atoms with Crippen LogP contribution in [0.25, 0.3) is 0 Å². The molecule has 0 heterocycles. The van der Waals surface area contributed by atoms with Crippen molar-refractivity contribution in [3.63, 3.8) is 0 Å². The smallest absolute Gasteiger partial charge is 0.407 e.